The van der Waals surface area contributed by atoms with Crippen LogP contribution in [0.5, 0.6) is 5.75 Å². The van der Waals surface area contributed by atoms with Crippen LogP contribution < -0.4 is 10.1 Å². The Balaban J connectivity index is 1.21. The van der Waals surface area contributed by atoms with Crippen LogP contribution in [0.4, 0.5) is 5.69 Å². The SMILES string of the molecule is COC(=O)[C@H](Cc1ccc(OCCN(Cc2cccc(C)c2)C(=O)C2CCC2)cc1)Nc1ccccc1C(=O)c1ccccc1. The van der Waals surface area contributed by atoms with Gasteiger partial charge in [-0.2, -0.15) is 0 Å². The fourth-order valence-corrected chi connectivity index (χ4v) is 5.52. The topological polar surface area (TPSA) is 84.9 Å². The fourth-order valence-electron chi connectivity index (χ4n) is 5.52. The van der Waals surface area contributed by atoms with Crippen LogP contribution in [0.1, 0.15) is 51.9 Å². The third-order valence-corrected chi connectivity index (χ3v) is 8.24. The summed E-state index contributed by atoms with van der Waals surface area (Å²) in [4.78, 5) is 41.1. The predicted octanol–water partition coefficient (Wildman–Crippen LogP) is 6.63. The molecule has 0 saturated heterocycles. The molecule has 0 radical (unpaired) electrons. The minimum absolute atomic E-state index is 0.119. The molecule has 1 saturated carbocycles. The molecule has 0 aliphatic heterocycles. The maximum atomic E-state index is 13.2. The Kier molecular flexibility index (Phi) is 10.6. The Morgan fingerprint density at radius 3 is 2.29 bits per heavy atom. The van der Waals surface area contributed by atoms with Crippen molar-refractivity contribution in [3.8, 4) is 5.75 Å². The highest BCUT2D eigenvalue weighted by molar-refractivity contribution is 6.12. The lowest BCUT2D eigenvalue weighted by molar-refractivity contribution is -0.141. The monoisotopic (exact) mass is 604 g/mol. The number of esters is 1. The van der Waals surface area contributed by atoms with Crippen molar-refractivity contribution >= 4 is 23.3 Å². The highest BCUT2D eigenvalue weighted by Crippen LogP contribution is 2.29. The lowest BCUT2D eigenvalue weighted by atomic mass is 9.84. The minimum Gasteiger partial charge on any atom is -0.492 e. The van der Waals surface area contributed by atoms with E-state index in [1.807, 2.05) is 59.5 Å². The van der Waals surface area contributed by atoms with Crippen LogP contribution >= 0.6 is 0 Å². The fraction of sp³-hybridized carbons (Fsp3) is 0.289. The molecule has 0 bridgehead atoms. The van der Waals surface area contributed by atoms with Crippen LogP contribution in [-0.4, -0.2) is 48.9 Å². The number of carbonyl (C=O) groups is 3. The van der Waals surface area contributed by atoms with Gasteiger partial charge in [-0.25, -0.2) is 4.79 Å². The van der Waals surface area contributed by atoms with Crippen molar-refractivity contribution < 1.29 is 23.9 Å². The van der Waals surface area contributed by atoms with Gasteiger partial charge in [-0.15, -0.1) is 0 Å². The maximum Gasteiger partial charge on any atom is 0.328 e. The number of aryl methyl sites for hydroxylation is 1. The molecule has 1 atom stereocenters. The average molecular weight is 605 g/mol. The van der Waals surface area contributed by atoms with Gasteiger partial charge in [-0.05, 0) is 55.2 Å². The van der Waals surface area contributed by atoms with Gasteiger partial charge in [-0.1, -0.05) is 90.8 Å². The van der Waals surface area contributed by atoms with Crippen LogP contribution in [0.25, 0.3) is 0 Å². The first-order valence-electron chi connectivity index (χ1n) is 15.5. The van der Waals surface area contributed by atoms with Crippen molar-refractivity contribution in [1.82, 2.24) is 4.90 Å². The van der Waals surface area contributed by atoms with Crippen LogP contribution in [-0.2, 0) is 27.3 Å². The number of nitrogens with one attached hydrogen (secondary N) is 1. The Hall–Kier alpha value is -4.91. The Bertz CT molecular complexity index is 1600. The number of hydrogen-bond acceptors (Lipinski definition) is 6. The summed E-state index contributed by atoms with van der Waals surface area (Å²) in [5.74, 6) is 0.452. The van der Waals surface area contributed by atoms with Crippen LogP contribution in [0, 0.1) is 12.8 Å². The zero-order chi connectivity index (χ0) is 31.6. The largest absolute Gasteiger partial charge is 0.492 e. The molecule has 0 heterocycles. The van der Waals surface area contributed by atoms with E-state index in [9.17, 15) is 14.4 Å². The number of ether oxygens (including phenoxy) is 2. The van der Waals surface area contributed by atoms with Crippen molar-refractivity contribution in [3.05, 3.63) is 131 Å². The molecule has 7 nitrogen and oxygen atoms in total. The van der Waals surface area contributed by atoms with E-state index in [4.69, 9.17) is 9.47 Å². The molecule has 7 heteroatoms. The van der Waals surface area contributed by atoms with Crippen LogP contribution in [0.15, 0.2) is 103 Å². The van der Waals surface area contributed by atoms with E-state index in [-0.39, 0.29) is 17.6 Å². The first kappa shape index (κ1) is 31.5. The van der Waals surface area contributed by atoms with E-state index in [0.717, 1.165) is 30.4 Å². The number of anilines is 1. The molecule has 4 aromatic carbocycles. The highest BCUT2D eigenvalue weighted by atomic mass is 16.5. The quantitative estimate of drug-likeness (QED) is 0.129. The molecule has 0 spiro atoms. The molecule has 0 aromatic heterocycles. The molecule has 1 aliphatic carbocycles. The normalized spacial score (nSPS) is 13.3. The van der Waals surface area contributed by atoms with Gasteiger partial charge < -0.3 is 19.7 Å². The number of methoxy groups -OCH3 is 1. The zero-order valence-electron chi connectivity index (χ0n) is 25.9. The molecule has 45 heavy (non-hydrogen) atoms. The summed E-state index contributed by atoms with van der Waals surface area (Å²) in [6, 6.07) is 31.4. The number of para-hydroxylation sites is 1. The van der Waals surface area contributed by atoms with Crippen LogP contribution in [0.2, 0.25) is 0 Å². The Labute approximate surface area is 265 Å². The molecule has 232 valence electrons. The molecule has 1 fully saturated rings. The summed E-state index contributed by atoms with van der Waals surface area (Å²) in [6.07, 6.45) is 3.38. The predicted molar refractivity (Wildman–Crippen MR) is 175 cm³/mol. The van der Waals surface area contributed by atoms with Gasteiger partial charge in [0.1, 0.15) is 18.4 Å². The second-order valence-electron chi connectivity index (χ2n) is 11.5. The lowest BCUT2D eigenvalue weighted by Crippen LogP contribution is -2.40. The van der Waals surface area contributed by atoms with Gasteiger partial charge in [-0.3, -0.25) is 9.59 Å². The molecule has 4 aromatic rings. The summed E-state index contributed by atoms with van der Waals surface area (Å²) in [5, 5.41) is 3.25. The number of ketones is 1. The number of hydrogen-bond donors (Lipinski definition) is 1. The summed E-state index contributed by atoms with van der Waals surface area (Å²) in [7, 11) is 1.35. The van der Waals surface area contributed by atoms with Gasteiger partial charge in [0.05, 0.1) is 13.7 Å². The van der Waals surface area contributed by atoms with Gasteiger partial charge in [0.15, 0.2) is 5.78 Å². The van der Waals surface area contributed by atoms with Crippen molar-refractivity contribution in [1.29, 1.82) is 0 Å². The average Bonchev–Trinajstić information content (AvgIpc) is 3.04. The van der Waals surface area contributed by atoms with Crippen molar-refractivity contribution in [3.63, 3.8) is 0 Å². The van der Waals surface area contributed by atoms with Gasteiger partial charge in [0, 0.05) is 35.7 Å². The summed E-state index contributed by atoms with van der Waals surface area (Å²) < 4.78 is 11.1. The molecule has 1 N–H and O–H groups in total. The van der Waals surface area contributed by atoms with Gasteiger partial charge in [0.2, 0.25) is 5.91 Å². The molecular formula is C38H40N2O5. The third-order valence-electron chi connectivity index (χ3n) is 8.24. The van der Waals surface area contributed by atoms with Crippen molar-refractivity contribution in [2.45, 2.75) is 45.2 Å². The second kappa shape index (κ2) is 15.2. The number of carbonyl (C=O) groups excluding carboxylic acids is 3. The third kappa shape index (κ3) is 8.38. The number of amides is 1. The standard InChI is InChI=1S/C38H40N2O5/c1-27-10-8-11-29(24-27)26-40(37(42)31-14-9-15-31)22-23-45-32-20-18-28(19-21-32)25-35(38(43)44-2)39-34-17-7-6-16-33(34)36(41)30-12-4-3-5-13-30/h3-8,10-13,16-21,24,31,35,39H,9,14-15,22-23,25-26H2,1-2H3/t35-/m0/s1. The molecule has 0 unspecified atom stereocenters. The van der Waals surface area contributed by atoms with E-state index in [0.29, 0.717) is 48.7 Å². The lowest BCUT2D eigenvalue weighted by Gasteiger charge is -2.32. The maximum absolute atomic E-state index is 13.2. The molecule has 5 rings (SSSR count). The van der Waals surface area contributed by atoms with Gasteiger partial charge in [0.25, 0.3) is 0 Å². The van der Waals surface area contributed by atoms with Gasteiger partial charge >= 0.3 is 5.97 Å². The highest BCUT2D eigenvalue weighted by Gasteiger charge is 2.29. The molecule has 1 aliphatic rings. The van der Waals surface area contributed by atoms with Crippen molar-refractivity contribution in [2.75, 3.05) is 25.6 Å². The zero-order valence-corrected chi connectivity index (χ0v) is 25.9. The second-order valence-corrected chi connectivity index (χ2v) is 11.5. The first-order valence-corrected chi connectivity index (χ1v) is 15.5. The van der Waals surface area contributed by atoms with E-state index in [1.165, 1.54) is 12.7 Å². The van der Waals surface area contributed by atoms with E-state index in [2.05, 4.69) is 30.4 Å². The summed E-state index contributed by atoms with van der Waals surface area (Å²) in [5.41, 5.74) is 4.81. The first-order chi connectivity index (χ1) is 21.9. The number of benzene rings is 4. The van der Waals surface area contributed by atoms with E-state index in [1.54, 1.807) is 30.3 Å². The molecule has 1 amide bonds. The Morgan fingerprint density at radius 1 is 0.867 bits per heavy atom. The van der Waals surface area contributed by atoms with Crippen LogP contribution in [0.3, 0.4) is 0 Å². The van der Waals surface area contributed by atoms with Crippen molar-refractivity contribution in [2.24, 2.45) is 5.92 Å². The number of nitrogens with zero attached hydrogens (tertiary/aromatic N) is 1. The molecular weight excluding hydrogens is 564 g/mol. The smallest absolute Gasteiger partial charge is 0.328 e. The van der Waals surface area contributed by atoms with E-state index < -0.39 is 12.0 Å². The van der Waals surface area contributed by atoms with E-state index >= 15 is 0 Å². The Morgan fingerprint density at radius 2 is 1.60 bits per heavy atom. The minimum atomic E-state index is -0.709. The number of rotatable bonds is 14. The summed E-state index contributed by atoms with van der Waals surface area (Å²) in [6.45, 7) is 3.51. The summed E-state index contributed by atoms with van der Waals surface area (Å²) >= 11 is 0.